The number of hydrogen-bond acceptors (Lipinski definition) is 4. The van der Waals surface area contributed by atoms with Gasteiger partial charge in [-0.2, -0.15) is 0 Å². The number of fused-ring (bicyclic) bond motifs is 1. The molecule has 3 rings (SSSR count). The molecule has 2 aliphatic rings. The Balaban J connectivity index is 1.95. The van der Waals surface area contributed by atoms with Crippen LogP contribution in [-0.2, 0) is 0 Å². The molecule has 22 heavy (non-hydrogen) atoms. The van der Waals surface area contributed by atoms with E-state index >= 15 is 0 Å². The Morgan fingerprint density at radius 3 is 2.59 bits per heavy atom. The number of aliphatic hydroxyl groups excluding tert-OH is 1. The molecular formula is C18H27NO3. The van der Waals surface area contributed by atoms with Gasteiger partial charge in [-0.15, -0.1) is 0 Å². The van der Waals surface area contributed by atoms with Gasteiger partial charge in [0.15, 0.2) is 11.5 Å². The highest BCUT2D eigenvalue weighted by Gasteiger charge is 2.47. The molecule has 1 aromatic carbocycles. The van der Waals surface area contributed by atoms with E-state index in [1.165, 1.54) is 12.8 Å². The van der Waals surface area contributed by atoms with Crippen molar-refractivity contribution in [2.24, 2.45) is 5.92 Å². The number of nitrogens with zero attached hydrogens (tertiary/aromatic N) is 1. The molecule has 0 amide bonds. The topological polar surface area (TPSA) is 41.9 Å². The highest BCUT2D eigenvalue weighted by atomic mass is 16.5. The first-order valence-electron chi connectivity index (χ1n) is 8.22. The van der Waals surface area contributed by atoms with Crippen LogP contribution >= 0.6 is 0 Å². The summed E-state index contributed by atoms with van der Waals surface area (Å²) in [7, 11) is 1.64. The second kappa shape index (κ2) is 5.74. The Kier molecular flexibility index (Phi) is 4.08. The lowest BCUT2D eigenvalue weighted by Gasteiger charge is -2.49. The molecule has 122 valence electrons. The van der Waals surface area contributed by atoms with Gasteiger partial charge in [0, 0.05) is 5.56 Å². The maximum absolute atomic E-state index is 11.0. The van der Waals surface area contributed by atoms with Crippen LogP contribution in [0.2, 0.25) is 0 Å². The lowest BCUT2D eigenvalue weighted by Crippen LogP contribution is -2.59. The van der Waals surface area contributed by atoms with Crippen molar-refractivity contribution in [3.05, 3.63) is 23.8 Å². The first-order chi connectivity index (χ1) is 10.4. The lowest BCUT2D eigenvalue weighted by molar-refractivity contribution is -0.0911. The van der Waals surface area contributed by atoms with Crippen molar-refractivity contribution in [2.45, 2.75) is 51.4 Å². The maximum atomic E-state index is 11.0. The number of ether oxygens (including phenoxy) is 2. The normalized spacial score (nSPS) is 28.8. The van der Waals surface area contributed by atoms with Gasteiger partial charge in [0.25, 0.3) is 0 Å². The summed E-state index contributed by atoms with van der Waals surface area (Å²) in [6, 6.07) is 5.71. The molecule has 1 N–H and O–H groups in total. The van der Waals surface area contributed by atoms with E-state index < -0.39 is 11.7 Å². The minimum absolute atomic E-state index is 0.0281. The van der Waals surface area contributed by atoms with Gasteiger partial charge >= 0.3 is 0 Å². The molecule has 0 aliphatic carbocycles. The maximum Gasteiger partial charge on any atom is 0.167 e. The summed E-state index contributed by atoms with van der Waals surface area (Å²) in [5.41, 5.74) is 0.379. The molecule has 2 unspecified atom stereocenters. The number of hydrogen-bond donors (Lipinski definition) is 1. The summed E-state index contributed by atoms with van der Waals surface area (Å²) in [6.45, 7) is 8.48. The van der Waals surface area contributed by atoms with Crippen molar-refractivity contribution < 1.29 is 14.6 Å². The van der Waals surface area contributed by atoms with E-state index in [0.29, 0.717) is 11.5 Å². The third kappa shape index (κ3) is 2.59. The van der Waals surface area contributed by atoms with Crippen LogP contribution in [0.1, 0.15) is 45.3 Å². The molecule has 0 radical (unpaired) electrons. The van der Waals surface area contributed by atoms with Crippen LogP contribution in [-0.4, -0.2) is 41.8 Å². The molecule has 2 atom stereocenters. The minimum Gasteiger partial charge on any atom is -0.493 e. The number of piperidine rings is 1. The third-order valence-electron chi connectivity index (χ3n) is 5.14. The van der Waals surface area contributed by atoms with E-state index in [9.17, 15) is 5.11 Å². The predicted octanol–water partition coefficient (Wildman–Crippen LogP) is 3.00. The molecular weight excluding hydrogens is 278 g/mol. The van der Waals surface area contributed by atoms with Crippen molar-refractivity contribution in [1.29, 1.82) is 0 Å². The summed E-state index contributed by atoms with van der Waals surface area (Å²) in [5.74, 6) is 2.15. The summed E-state index contributed by atoms with van der Waals surface area (Å²) < 4.78 is 11.7. The Bertz CT molecular complexity index is 535. The molecule has 1 fully saturated rings. The third-order valence-corrected chi connectivity index (χ3v) is 5.14. The van der Waals surface area contributed by atoms with Crippen LogP contribution in [0.4, 0.5) is 0 Å². The van der Waals surface area contributed by atoms with Crippen molar-refractivity contribution in [2.75, 3.05) is 20.2 Å². The van der Waals surface area contributed by atoms with Gasteiger partial charge in [-0.1, -0.05) is 19.1 Å². The van der Waals surface area contributed by atoms with E-state index in [1.54, 1.807) is 7.11 Å². The molecule has 0 aromatic heterocycles. The van der Waals surface area contributed by atoms with Gasteiger partial charge in [0.1, 0.15) is 11.7 Å². The van der Waals surface area contributed by atoms with Gasteiger partial charge in [-0.25, -0.2) is 0 Å². The van der Waals surface area contributed by atoms with Crippen molar-refractivity contribution >= 4 is 0 Å². The molecule has 4 nitrogen and oxygen atoms in total. The molecule has 1 saturated heterocycles. The average Bonchev–Trinajstić information content (AvgIpc) is 2.48. The quantitative estimate of drug-likeness (QED) is 0.912. The summed E-state index contributed by atoms with van der Waals surface area (Å²) in [6.07, 6.45) is 1.82. The lowest BCUT2D eigenvalue weighted by atomic mass is 9.83. The minimum atomic E-state index is -0.553. The SMILES string of the molecule is COc1cccc2c1OC(C)(C)C(N1CCC(C)CC1)C2O. The number of benzene rings is 1. The number of rotatable bonds is 2. The molecule has 4 heteroatoms. The fourth-order valence-corrected chi connectivity index (χ4v) is 3.86. The van der Waals surface area contributed by atoms with Gasteiger partial charge in [-0.05, 0) is 51.8 Å². The summed E-state index contributed by atoms with van der Waals surface area (Å²) in [5, 5.41) is 11.0. The zero-order chi connectivity index (χ0) is 15.9. The first-order valence-corrected chi connectivity index (χ1v) is 8.22. The average molecular weight is 305 g/mol. The number of aliphatic hydroxyl groups is 1. The molecule has 2 heterocycles. The largest absolute Gasteiger partial charge is 0.493 e. The van der Waals surface area contributed by atoms with Gasteiger partial charge in [0.2, 0.25) is 0 Å². The van der Waals surface area contributed by atoms with E-state index in [0.717, 1.165) is 24.6 Å². The zero-order valence-electron chi connectivity index (χ0n) is 14.0. The fraction of sp³-hybridized carbons (Fsp3) is 0.667. The molecule has 0 saturated carbocycles. The molecule has 1 aromatic rings. The number of para-hydroxylation sites is 1. The number of likely N-dealkylation sites (tertiary alicyclic amines) is 1. The molecule has 0 spiro atoms. The summed E-state index contributed by atoms with van der Waals surface area (Å²) in [4.78, 5) is 2.40. The number of methoxy groups -OCH3 is 1. The van der Waals surface area contributed by atoms with Gasteiger partial charge < -0.3 is 14.6 Å². The van der Waals surface area contributed by atoms with Crippen LogP contribution in [0.25, 0.3) is 0 Å². The molecule has 2 aliphatic heterocycles. The Hall–Kier alpha value is -1.26. The van der Waals surface area contributed by atoms with Gasteiger partial charge in [0.05, 0.1) is 13.2 Å². The van der Waals surface area contributed by atoms with Crippen molar-refractivity contribution in [1.82, 2.24) is 4.90 Å². The Labute approximate surface area is 133 Å². The van der Waals surface area contributed by atoms with E-state index in [2.05, 4.69) is 25.7 Å². The first kappa shape index (κ1) is 15.6. The van der Waals surface area contributed by atoms with Crippen molar-refractivity contribution in [3.63, 3.8) is 0 Å². The Morgan fingerprint density at radius 2 is 1.95 bits per heavy atom. The highest BCUT2D eigenvalue weighted by Crippen LogP contribution is 2.46. The fourth-order valence-electron chi connectivity index (χ4n) is 3.86. The van der Waals surface area contributed by atoms with Crippen LogP contribution in [0, 0.1) is 5.92 Å². The standard InChI is InChI=1S/C18H27NO3/c1-12-8-10-19(11-9-12)17-15(20)13-6-5-7-14(21-4)16(13)22-18(17,2)3/h5-7,12,15,17,20H,8-11H2,1-4H3. The zero-order valence-corrected chi connectivity index (χ0v) is 14.0. The van der Waals surface area contributed by atoms with Crippen LogP contribution in [0.15, 0.2) is 18.2 Å². The summed E-state index contributed by atoms with van der Waals surface area (Å²) >= 11 is 0. The predicted molar refractivity (Wildman–Crippen MR) is 86.4 cm³/mol. The second-order valence-electron chi connectivity index (χ2n) is 7.19. The molecule has 0 bridgehead atoms. The monoisotopic (exact) mass is 305 g/mol. The van der Waals surface area contributed by atoms with E-state index in [4.69, 9.17) is 9.47 Å². The van der Waals surface area contributed by atoms with E-state index in [1.807, 2.05) is 18.2 Å². The Morgan fingerprint density at radius 1 is 1.27 bits per heavy atom. The van der Waals surface area contributed by atoms with Crippen LogP contribution < -0.4 is 9.47 Å². The smallest absolute Gasteiger partial charge is 0.167 e. The van der Waals surface area contributed by atoms with E-state index in [-0.39, 0.29) is 6.04 Å². The van der Waals surface area contributed by atoms with Crippen LogP contribution in [0.3, 0.4) is 0 Å². The van der Waals surface area contributed by atoms with Crippen molar-refractivity contribution in [3.8, 4) is 11.5 Å². The highest BCUT2D eigenvalue weighted by molar-refractivity contribution is 5.50. The second-order valence-corrected chi connectivity index (χ2v) is 7.19. The van der Waals surface area contributed by atoms with Gasteiger partial charge in [-0.3, -0.25) is 4.90 Å². The van der Waals surface area contributed by atoms with Crippen LogP contribution in [0.5, 0.6) is 11.5 Å².